The molecule has 0 amide bonds. The van der Waals surface area contributed by atoms with Crippen molar-refractivity contribution in [2.24, 2.45) is 17.8 Å². The Bertz CT molecular complexity index is 606. The summed E-state index contributed by atoms with van der Waals surface area (Å²) >= 11 is 0. The second-order valence-corrected chi connectivity index (χ2v) is 6.92. The van der Waals surface area contributed by atoms with Gasteiger partial charge in [-0.3, -0.25) is 0 Å². The average molecular weight is 368 g/mol. The molecule has 0 saturated carbocycles. The van der Waals surface area contributed by atoms with Crippen molar-refractivity contribution in [1.29, 1.82) is 0 Å². The first-order valence-corrected chi connectivity index (χ1v) is 9.16. The van der Waals surface area contributed by atoms with Crippen molar-refractivity contribution in [3.8, 4) is 0 Å². The molecule has 144 valence electrons. The van der Waals surface area contributed by atoms with E-state index in [1.165, 1.54) is 6.07 Å². The molecule has 2 heterocycles. The van der Waals surface area contributed by atoms with Crippen LogP contribution in [-0.2, 0) is 18.9 Å². The second-order valence-electron chi connectivity index (χ2n) is 6.92. The van der Waals surface area contributed by atoms with E-state index < -0.39 is 17.9 Å². The van der Waals surface area contributed by atoms with Crippen LogP contribution in [0.2, 0.25) is 0 Å². The first-order valence-electron chi connectivity index (χ1n) is 9.16. The van der Waals surface area contributed by atoms with Gasteiger partial charge in [0.2, 0.25) is 0 Å². The third-order valence-electron chi connectivity index (χ3n) is 4.91. The average Bonchev–Trinajstić information content (AvgIpc) is 2.68. The number of hydrogen-bond acceptors (Lipinski definition) is 4. The van der Waals surface area contributed by atoms with E-state index in [1.54, 1.807) is 0 Å². The van der Waals surface area contributed by atoms with E-state index >= 15 is 0 Å². The minimum atomic E-state index is -0.902. The van der Waals surface area contributed by atoms with Crippen LogP contribution < -0.4 is 0 Å². The lowest BCUT2D eigenvalue weighted by Gasteiger charge is -2.38. The molecule has 0 aliphatic carbocycles. The molecule has 0 N–H and O–H groups in total. The van der Waals surface area contributed by atoms with Crippen LogP contribution in [0.5, 0.6) is 0 Å². The third-order valence-corrected chi connectivity index (χ3v) is 4.91. The summed E-state index contributed by atoms with van der Waals surface area (Å²) in [6.07, 6.45) is 4.32. The summed E-state index contributed by atoms with van der Waals surface area (Å²) in [5.41, 5.74) is 0.478. The Kier molecular flexibility index (Phi) is 6.75. The number of ether oxygens (including phenoxy) is 4. The van der Waals surface area contributed by atoms with Crippen LogP contribution in [-0.4, -0.2) is 32.7 Å². The zero-order valence-electron chi connectivity index (χ0n) is 15.2. The maximum atomic E-state index is 13.4. The summed E-state index contributed by atoms with van der Waals surface area (Å²) in [6, 6.07) is 3.67. The Hall–Kier alpha value is -1.34. The maximum Gasteiger partial charge on any atom is 0.183 e. The first kappa shape index (κ1) is 19.4. The fraction of sp³-hybridized carbons (Fsp3) is 0.600. The summed E-state index contributed by atoms with van der Waals surface area (Å²) in [7, 11) is 0. The SMILES string of the molecule is CC/C=C/C1COC(C(C)C2COC(c3ccc(F)c(F)c3)OC2)OC1. The zero-order valence-corrected chi connectivity index (χ0v) is 15.2. The molecule has 2 saturated heterocycles. The first-order chi connectivity index (χ1) is 12.6. The molecule has 1 aromatic rings. The molecule has 26 heavy (non-hydrogen) atoms. The summed E-state index contributed by atoms with van der Waals surface area (Å²) in [5.74, 6) is -1.26. The predicted octanol–water partition coefficient (Wildman–Crippen LogP) is 4.22. The number of hydrogen-bond donors (Lipinski definition) is 0. The smallest absolute Gasteiger partial charge is 0.183 e. The molecular formula is C20H26F2O4. The third kappa shape index (κ3) is 4.68. The van der Waals surface area contributed by atoms with Gasteiger partial charge in [0, 0.05) is 23.3 Å². The van der Waals surface area contributed by atoms with Gasteiger partial charge < -0.3 is 18.9 Å². The summed E-state index contributed by atoms with van der Waals surface area (Å²) in [5, 5.41) is 0. The Morgan fingerprint density at radius 2 is 1.73 bits per heavy atom. The Balaban J connectivity index is 1.48. The van der Waals surface area contributed by atoms with Gasteiger partial charge in [-0.2, -0.15) is 0 Å². The quantitative estimate of drug-likeness (QED) is 0.730. The summed E-state index contributed by atoms with van der Waals surface area (Å²) in [4.78, 5) is 0. The van der Waals surface area contributed by atoms with Gasteiger partial charge in [-0.15, -0.1) is 0 Å². The molecule has 6 heteroatoms. The van der Waals surface area contributed by atoms with Gasteiger partial charge in [-0.1, -0.05) is 32.1 Å². The molecule has 0 spiro atoms. The van der Waals surface area contributed by atoms with Gasteiger partial charge in [-0.25, -0.2) is 8.78 Å². The lowest BCUT2D eigenvalue weighted by atomic mass is 9.93. The molecule has 2 fully saturated rings. The van der Waals surface area contributed by atoms with Crippen LogP contribution in [0.1, 0.15) is 32.1 Å². The van der Waals surface area contributed by atoms with E-state index in [0.29, 0.717) is 37.9 Å². The molecule has 3 rings (SSSR count). The van der Waals surface area contributed by atoms with E-state index in [9.17, 15) is 8.78 Å². The van der Waals surface area contributed by atoms with Crippen molar-refractivity contribution in [2.75, 3.05) is 26.4 Å². The van der Waals surface area contributed by atoms with Crippen molar-refractivity contribution in [2.45, 2.75) is 32.8 Å². The summed E-state index contributed by atoms with van der Waals surface area (Å²) in [6.45, 7) is 6.36. The number of rotatable bonds is 5. The zero-order chi connectivity index (χ0) is 18.5. The Labute approximate surface area is 153 Å². The molecule has 2 aliphatic rings. The second kappa shape index (κ2) is 9.04. The highest BCUT2D eigenvalue weighted by atomic mass is 19.2. The monoisotopic (exact) mass is 368 g/mol. The van der Waals surface area contributed by atoms with Crippen molar-refractivity contribution >= 4 is 0 Å². The predicted molar refractivity (Wildman–Crippen MR) is 92.3 cm³/mol. The lowest BCUT2D eigenvalue weighted by molar-refractivity contribution is -0.257. The standard InChI is InChI=1S/C20H26F2O4/c1-3-4-5-14-9-23-19(24-10-14)13(2)16-11-25-20(26-12-16)15-6-7-17(21)18(22)8-15/h4-8,13-14,16,19-20H,3,9-12H2,1-2H3/b5-4+. The van der Waals surface area contributed by atoms with Gasteiger partial charge in [0.15, 0.2) is 24.2 Å². The van der Waals surface area contributed by atoms with Gasteiger partial charge in [0.05, 0.1) is 26.4 Å². The molecule has 0 aromatic heterocycles. The number of halogens is 2. The maximum absolute atomic E-state index is 13.4. The Morgan fingerprint density at radius 3 is 2.35 bits per heavy atom. The lowest BCUT2D eigenvalue weighted by Crippen LogP contribution is -2.42. The van der Waals surface area contributed by atoms with Gasteiger partial charge in [0.1, 0.15) is 0 Å². The Morgan fingerprint density at radius 1 is 1.04 bits per heavy atom. The highest BCUT2D eigenvalue weighted by Gasteiger charge is 2.35. The van der Waals surface area contributed by atoms with Crippen molar-refractivity contribution < 1.29 is 27.7 Å². The van der Waals surface area contributed by atoms with E-state index in [0.717, 1.165) is 18.6 Å². The van der Waals surface area contributed by atoms with Crippen LogP contribution in [0.3, 0.4) is 0 Å². The molecule has 1 aromatic carbocycles. The fourth-order valence-corrected chi connectivity index (χ4v) is 3.17. The fourth-order valence-electron chi connectivity index (χ4n) is 3.17. The molecular weight excluding hydrogens is 342 g/mol. The minimum absolute atomic E-state index is 0.108. The summed E-state index contributed by atoms with van der Waals surface area (Å²) < 4.78 is 49.6. The van der Waals surface area contributed by atoms with Gasteiger partial charge >= 0.3 is 0 Å². The van der Waals surface area contributed by atoms with Crippen LogP contribution >= 0.6 is 0 Å². The van der Waals surface area contributed by atoms with Gasteiger partial charge in [0.25, 0.3) is 0 Å². The molecule has 0 radical (unpaired) electrons. The molecule has 0 bridgehead atoms. The van der Waals surface area contributed by atoms with Crippen molar-refractivity contribution in [1.82, 2.24) is 0 Å². The van der Waals surface area contributed by atoms with Gasteiger partial charge in [-0.05, 0) is 18.6 Å². The van der Waals surface area contributed by atoms with E-state index in [1.807, 2.05) is 0 Å². The highest BCUT2D eigenvalue weighted by Crippen LogP contribution is 2.32. The largest absolute Gasteiger partial charge is 0.352 e. The van der Waals surface area contributed by atoms with Crippen LogP contribution in [0.4, 0.5) is 8.78 Å². The van der Waals surface area contributed by atoms with E-state index in [4.69, 9.17) is 18.9 Å². The highest BCUT2D eigenvalue weighted by molar-refractivity contribution is 5.19. The van der Waals surface area contributed by atoms with Crippen LogP contribution in [0, 0.1) is 29.4 Å². The molecule has 1 unspecified atom stereocenters. The molecule has 4 nitrogen and oxygen atoms in total. The number of benzene rings is 1. The normalized spacial score (nSPS) is 31.2. The van der Waals surface area contributed by atoms with Crippen LogP contribution in [0.25, 0.3) is 0 Å². The van der Waals surface area contributed by atoms with E-state index in [-0.39, 0.29) is 18.1 Å². The molecule has 1 atom stereocenters. The number of allylic oxidation sites excluding steroid dienone is 1. The van der Waals surface area contributed by atoms with Crippen LogP contribution in [0.15, 0.2) is 30.4 Å². The van der Waals surface area contributed by atoms with Crippen molar-refractivity contribution in [3.63, 3.8) is 0 Å². The van der Waals surface area contributed by atoms with Crippen molar-refractivity contribution in [3.05, 3.63) is 47.5 Å². The topological polar surface area (TPSA) is 36.9 Å². The molecule has 2 aliphatic heterocycles. The van der Waals surface area contributed by atoms with E-state index in [2.05, 4.69) is 26.0 Å². The minimum Gasteiger partial charge on any atom is -0.352 e.